The minimum atomic E-state index is -0.394. The predicted octanol–water partition coefficient (Wildman–Crippen LogP) is -1.63. The van der Waals surface area contributed by atoms with Crippen molar-refractivity contribution < 1.29 is 27.3 Å². The normalized spacial score (nSPS) is 15.5. The van der Waals surface area contributed by atoms with Crippen LogP contribution in [0, 0.1) is 12.3 Å². The van der Waals surface area contributed by atoms with Crippen molar-refractivity contribution >= 4 is 6.09 Å². The Morgan fingerprint density at radius 1 is 1.57 bits per heavy atom. The number of carbonyl (C=O) groups is 1. The van der Waals surface area contributed by atoms with Crippen LogP contribution in [-0.4, -0.2) is 19.2 Å². The highest BCUT2D eigenvalue weighted by Crippen LogP contribution is 2.31. The molecule has 5 heteroatoms. The summed E-state index contributed by atoms with van der Waals surface area (Å²) in [6.45, 7) is 3.30. The number of fused-ring (bicyclic) bond motifs is 1. The number of nitrogens with two attached hydrogens (primary N) is 1. The molecule has 4 nitrogen and oxygen atoms in total. The molecule has 1 aliphatic rings. The summed E-state index contributed by atoms with van der Waals surface area (Å²) in [6.07, 6.45) is 7.95. The first-order valence-electron chi connectivity index (χ1n) is 7.10. The summed E-state index contributed by atoms with van der Waals surface area (Å²) in [5.74, 6) is 3.24. The van der Waals surface area contributed by atoms with E-state index in [4.69, 9.17) is 11.2 Å². The van der Waals surface area contributed by atoms with Gasteiger partial charge in [-0.05, 0) is 36.5 Å². The zero-order chi connectivity index (χ0) is 14.4. The van der Waals surface area contributed by atoms with E-state index in [1.165, 1.54) is 11.1 Å². The van der Waals surface area contributed by atoms with Gasteiger partial charge in [0.25, 0.3) is 0 Å². The smallest absolute Gasteiger partial charge is 0.412 e. The summed E-state index contributed by atoms with van der Waals surface area (Å²) in [7, 11) is 0. The Morgan fingerprint density at radius 2 is 2.38 bits per heavy atom. The maximum absolute atomic E-state index is 11.6. The summed E-state index contributed by atoms with van der Waals surface area (Å²) >= 11 is 0. The van der Waals surface area contributed by atoms with Crippen molar-refractivity contribution in [1.29, 1.82) is 0 Å². The molecule has 1 aliphatic carbocycles. The molecule has 0 spiro atoms. The highest BCUT2D eigenvalue weighted by atomic mass is 35.5. The van der Waals surface area contributed by atoms with Crippen molar-refractivity contribution in [3.63, 3.8) is 0 Å². The molecule has 0 saturated carbocycles. The third-order valence-corrected chi connectivity index (χ3v) is 3.49. The Labute approximate surface area is 132 Å². The topological polar surface area (TPSA) is 54.9 Å². The average molecular weight is 309 g/mol. The number of ether oxygens (including phenoxy) is 1. The van der Waals surface area contributed by atoms with Crippen LogP contribution >= 0.6 is 0 Å². The average Bonchev–Trinajstić information content (AvgIpc) is 2.85. The van der Waals surface area contributed by atoms with E-state index in [0.717, 1.165) is 19.3 Å². The van der Waals surface area contributed by atoms with Gasteiger partial charge in [-0.25, -0.2) is 4.79 Å². The number of terminal acetylenes is 1. The maximum atomic E-state index is 11.6. The maximum Gasteiger partial charge on any atom is 0.412 e. The molecular formula is C16H21ClN2O2. The van der Waals surface area contributed by atoms with E-state index in [9.17, 15) is 4.79 Å². The van der Waals surface area contributed by atoms with Gasteiger partial charge in [0.05, 0.1) is 0 Å². The van der Waals surface area contributed by atoms with Gasteiger partial charge in [0.15, 0.2) is 0 Å². The molecule has 0 bridgehead atoms. The molecule has 0 fully saturated rings. The van der Waals surface area contributed by atoms with E-state index in [-0.39, 0.29) is 12.4 Å². The lowest BCUT2D eigenvalue weighted by molar-refractivity contribution is -0.685. The van der Waals surface area contributed by atoms with Gasteiger partial charge in [-0.15, -0.1) is 6.42 Å². The van der Waals surface area contributed by atoms with Gasteiger partial charge in [0.2, 0.25) is 0 Å². The van der Waals surface area contributed by atoms with Crippen molar-refractivity contribution in [2.75, 3.05) is 13.1 Å². The molecule has 1 aromatic carbocycles. The first kappa shape index (κ1) is 17.4. The number of hydrogen-bond acceptors (Lipinski definition) is 2. The molecular weight excluding hydrogens is 288 g/mol. The molecule has 1 amide bonds. The fourth-order valence-electron chi connectivity index (χ4n) is 2.50. The van der Waals surface area contributed by atoms with Gasteiger partial charge in [-0.3, -0.25) is 0 Å². The van der Waals surface area contributed by atoms with Gasteiger partial charge < -0.3 is 27.8 Å². The zero-order valence-electron chi connectivity index (χ0n) is 12.2. The second-order valence-corrected chi connectivity index (χ2v) is 4.97. The van der Waals surface area contributed by atoms with Crippen LogP contribution in [0.2, 0.25) is 0 Å². The molecule has 0 aromatic heterocycles. The molecule has 0 heterocycles. The van der Waals surface area contributed by atoms with E-state index in [1.54, 1.807) is 0 Å². The van der Waals surface area contributed by atoms with Gasteiger partial charge in [-0.1, -0.05) is 13.0 Å². The van der Waals surface area contributed by atoms with E-state index < -0.39 is 6.09 Å². The summed E-state index contributed by atoms with van der Waals surface area (Å²) in [6, 6.07) is 6.24. The standard InChI is InChI=1S/C16H20N2O2.ClH/c1-3-9-17-15-8-6-12-5-7-13(11-14(12)15)20-16(19)18-10-4-2;/h1,5,7,11,15,17H,4,6,8-10H2,2H3,(H,18,19);1H/t15-;/m0./s1. The monoisotopic (exact) mass is 308 g/mol. The van der Waals surface area contributed by atoms with Crippen LogP contribution < -0.4 is 27.8 Å². The molecule has 1 atom stereocenters. The SMILES string of the molecule is C#CC[NH2+][C@H]1CCc2ccc(OC(=O)NCCC)cc21.[Cl-]. The van der Waals surface area contributed by atoms with Crippen LogP contribution in [0.15, 0.2) is 18.2 Å². The molecule has 0 unspecified atom stereocenters. The molecule has 3 N–H and O–H groups in total. The van der Waals surface area contributed by atoms with Crippen molar-refractivity contribution in [2.24, 2.45) is 0 Å². The number of nitrogens with one attached hydrogen (secondary N) is 1. The van der Waals surface area contributed by atoms with E-state index in [2.05, 4.69) is 16.6 Å². The lowest BCUT2D eigenvalue weighted by atomic mass is 10.1. The lowest BCUT2D eigenvalue weighted by Gasteiger charge is -2.11. The van der Waals surface area contributed by atoms with Gasteiger partial charge >= 0.3 is 6.09 Å². The number of benzene rings is 1. The Bertz CT molecular complexity index is 525. The number of aryl methyl sites for hydroxylation is 1. The minimum absolute atomic E-state index is 0. The van der Waals surface area contributed by atoms with E-state index >= 15 is 0 Å². The van der Waals surface area contributed by atoms with Crippen molar-refractivity contribution in [3.05, 3.63) is 29.3 Å². The number of halogens is 1. The van der Waals surface area contributed by atoms with Crippen LogP contribution in [0.25, 0.3) is 0 Å². The van der Waals surface area contributed by atoms with Gasteiger partial charge in [0, 0.05) is 18.5 Å². The molecule has 2 rings (SSSR count). The molecule has 0 radical (unpaired) electrons. The molecule has 21 heavy (non-hydrogen) atoms. The molecule has 0 aliphatic heterocycles. The Balaban J connectivity index is 0.00000220. The molecule has 0 saturated heterocycles. The van der Waals surface area contributed by atoms with Crippen LogP contribution in [0.3, 0.4) is 0 Å². The zero-order valence-corrected chi connectivity index (χ0v) is 13.0. The van der Waals surface area contributed by atoms with Crippen LogP contribution in [0.1, 0.15) is 36.9 Å². The van der Waals surface area contributed by atoms with Crippen molar-refractivity contribution in [1.82, 2.24) is 5.32 Å². The van der Waals surface area contributed by atoms with Crippen molar-refractivity contribution in [3.8, 4) is 18.1 Å². The fraction of sp³-hybridized carbons (Fsp3) is 0.438. The predicted molar refractivity (Wildman–Crippen MR) is 77.4 cm³/mol. The first-order chi connectivity index (χ1) is 9.74. The minimum Gasteiger partial charge on any atom is -1.00 e. The molecule has 1 aromatic rings. The largest absolute Gasteiger partial charge is 1.00 e. The van der Waals surface area contributed by atoms with Gasteiger partial charge in [-0.2, -0.15) is 0 Å². The second-order valence-electron chi connectivity index (χ2n) is 4.97. The highest BCUT2D eigenvalue weighted by Gasteiger charge is 2.25. The summed E-state index contributed by atoms with van der Waals surface area (Å²) < 4.78 is 5.29. The number of carbonyl (C=O) groups excluding carboxylic acids is 1. The van der Waals surface area contributed by atoms with Crippen LogP contribution in [-0.2, 0) is 6.42 Å². The number of hydrogen-bond donors (Lipinski definition) is 2. The van der Waals surface area contributed by atoms with Crippen molar-refractivity contribution in [2.45, 2.75) is 32.2 Å². The fourth-order valence-corrected chi connectivity index (χ4v) is 2.50. The number of amides is 1. The van der Waals surface area contributed by atoms with Crippen LogP contribution in [0.5, 0.6) is 5.75 Å². The van der Waals surface area contributed by atoms with Crippen LogP contribution in [0.4, 0.5) is 4.79 Å². The quantitative estimate of drug-likeness (QED) is 0.642. The van der Waals surface area contributed by atoms with Gasteiger partial charge in [0.1, 0.15) is 18.3 Å². The summed E-state index contributed by atoms with van der Waals surface area (Å²) in [5, 5.41) is 4.86. The second kappa shape index (κ2) is 8.56. The Morgan fingerprint density at radius 3 is 3.10 bits per heavy atom. The third-order valence-electron chi connectivity index (χ3n) is 3.49. The summed E-state index contributed by atoms with van der Waals surface area (Å²) in [4.78, 5) is 11.6. The van der Waals surface area contributed by atoms with E-state index in [0.29, 0.717) is 24.9 Å². The highest BCUT2D eigenvalue weighted by molar-refractivity contribution is 5.70. The number of quaternary nitrogens is 1. The summed E-state index contributed by atoms with van der Waals surface area (Å²) in [5.41, 5.74) is 2.56. The Hall–Kier alpha value is -1.70. The third kappa shape index (κ3) is 4.66. The molecule has 114 valence electrons. The van der Waals surface area contributed by atoms with E-state index in [1.807, 2.05) is 25.1 Å². The first-order valence-corrected chi connectivity index (χ1v) is 7.10. The Kier molecular flexibility index (Phi) is 7.07. The number of rotatable bonds is 5. The lowest BCUT2D eigenvalue weighted by Crippen LogP contribution is -3.00.